The van der Waals surface area contributed by atoms with E-state index in [0.717, 1.165) is 32.1 Å². The summed E-state index contributed by atoms with van der Waals surface area (Å²) in [7, 11) is 0. The van der Waals surface area contributed by atoms with Crippen molar-refractivity contribution < 1.29 is 18.7 Å². The van der Waals surface area contributed by atoms with Crippen LogP contribution in [0.2, 0.25) is 0 Å². The molecule has 1 saturated carbocycles. The molecular weight excluding hydrogens is 457 g/mol. The van der Waals surface area contributed by atoms with E-state index in [0.29, 0.717) is 36.4 Å². The van der Waals surface area contributed by atoms with Crippen LogP contribution in [0.4, 0.5) is 14.9 Å². The van der Waals surface area contributed by atoms with Crippen LogP contribution in [0.1, 0.15) is 48.5 Å². The molecule has 6 nitrogen and oxygen atoms in total. The third-order valence-electron chi connectivity index (χ3n) is 6.66. The molecule has 1 aliphatic carbocycles. The SMILES string of the molecule is CC(=O)c1cccc(NC(=O)N[C@@H]2COC[C@H]2NC2CCC(Cc3ccc(F)cc3)CC2)c1.Cl. The van der Waals surface area contributed by atoms with E-state index in [-0.39, 0.29) is 42.1 Å². The van der Waals surface area contributed by atoms with Crippen molar-refractivity contribution in [1.29, 1.82) is 0 Å². The second-order valence-electron chi connectivity index (χ2n) is 9.20. The normalized spacial score (nSPS) is 24.2. The smallest absolute Gasteiger partial charge is 0.319 e. The van der Waals surface area contributed by atoms with Gasteiger partial charge in [0.25, 0.3) is 0 Å². The van der Waals surface area contributed by atoms with Gasteiger partial charge in [-0.1, -0.05) is 24.3 Å². The van der Waals surface area contributed by atoms with Gasteiger partial charge in [-0.3, -0.25) is 4.79 Å². The van der Waals surface area contributed by atoms with Crippen LogP contribution in [-0.4, -0.2) is 43.2 Å². The number of anilines is 1. The zero-order valence-corrected chi connectivity index (χ0v) is 20.2. The maximum Gasteiger partial charge on any atom is 0.319 e. The van der Waals surface area contributed by atoms with Crippen LogP contribution < -0.4 is 16.0 Å². The van der Waals surface area contributed by atoms with Gasteiger partial charge in [0, 0.05) is 17.3 Å². The van der Waals surface area contributed by atoms with Crippen LogP contribution in [0.5, 0.6) is 0 Å². The molecule has 0 aromatic heterocycles. The van der Waals surface area contributed by atoms with E-state index in [1.54, 1.807) is 24.3 Å². The summed E-state index contributed by atoms with van der Waals surface area (Å²) in [4.78, 5) is 24.1. The van der Waals surface area contributed by atoms with Crippen LogP contribution in [0.25, 0.3) is 0 Å². The average Bonchev–Trinajstić information content (AvgIpc) is 3.23. The fraction of sp³-hybridized carbons (Fsp3) is 0.462. The number of rotatable bonds is 7. The Hall–Kier alpha value is -2.48. The largest absolute Gasteiger partial charge is 0.378 e. The second-order valence-corrected chi connectivity index (χ2v) is 9.20. The molecule has 3 N–H and O–H groups in total. The number of nitrogens with one attached hydrogen (secondary N) is 3. The molecule has 2 aliphatic rings. The average molecular weight is 490 g/mol. The van der Waals surface area contributed by atoms with Crippen LogP contribution in [0.3, 0.4) is 0 Å². The molecule has 1 heterocycles. The van der Waals surface area contributed by atoms with Gasteiger partial charge in [0.1, 0.15) is 5.82 Å². The topological polar surface area (TPSA) is 79.5 Å². The minimum absolute atomic E-state index is 0. The molecular formula is C26H33ClFN3O3. The number of amides is 2. The summed E-state index contributed by atoms with van der Waals surface area (Å²) in [6.45, 7) is 2.54. The first-order chi connectivity index (χ1) is 16.0. The molecule has 1 saturated heterocycles. The molecule has 0 spiro atoms. The summed E-state index contributed by atoms with van der Waals surface area (Å²) in [5, 5.41) is 9.51. The Kier molecular flexibility index (Phi) is 9.45. The van der Waals surface area contributed by atoms with E-state index in [1.807, 2.05) is 12.1 Å². The van der Waals surface area contributed by atoms with E-state index in [2.05, 4.69) is 16.0 Å². The molecule has 1 aliphatic heterocycles. The predicted molar refractivity (Wildman–Crippen MR) is 133 cm³/mol. The number of halogens is 2. The van der Waals surface area contributed by atoms with Gasteiger partial charge in [0.05, 0.1) is 25.3 Å². The first-order valence-corrected chi connectivity index (χ1v) is 11.7. The molecule has 2 aromatic rings. The van der Waals surface area contributed by atoms with Crippen molar-refractivity contribution in [2.24, 2.45) is 5.92 Å². The number of carbonyl (C=O) groups is 2. The van der Waals surface area contributed by atoms with E-state index < -0.39 is 0 Å². The number of ether oxygens (including phenoxy) is 1. The molecule has 184 valence electrons. The lowest BCUT2D eigenvalue weighted by atomic mass is 9.82. The Bertz CT molecular complexity index is 964. The summed E-state index contributed by atoms with van der Waals surface area (Å²) in [5.74, 6) is 0.394. The monoisotopic (exact) mass is 489 g/mol. The van der Waals surface area contributed by atoms with Crippen LogP contribution in [0, 0.1) is 11.7 Å². The molecule has 0 unspecified atom stereocenters. The number of Topliss-reactive ketones (excluding diaryl/α,β-unsaturated/α-hetero) is 1. The Morgan fingerprint density at radius 3 is 2.41 bits per heavy atom. The number of carbonyl (C=O) groups excluding carboxylic acids is 2. The van der Waals surface area contributed by atoms with E-state index in [9.17, 15) is 14.0 Å². The first kappa shape index (κ1) is 26.1. The van der Waals surface area contributed by atoms with Gasteiger partial charge < -0.3 is 20.7 Å². The molecule has 2 aromatic carbocycles. The molecule has 34 heavy (non-hydrogen) atoms. The van der Waals surface area contributed by atoms with Gasteiger partial charge >= 0.3 is 6.03 Å². The third-order valence-corrected chi connectivity index (χ3v) is 6.66. The Morgan fingerprint density at radius 2 is 1.71 bits per heavy atom. The van der Waals surface area contributed by atoms with Crippen molar-refractivity contribution in [3.05, 3.63) is 65.5 Å². The summed E-state index contributed by atoms with van der Waals surface area (Å²) in [5.41, 5.74) is 2.34. The maximum atomic E-state index is 13.1. The highest BCUT2D eigenvalue weighted by atomic mass is 35.5. The summed E-state index contributed by atoms with van der Waals surface area (Å²) in [6, 6.07) is 13.8. The lowest BCUT2D eigenvalue weighted by molar-refractivity contribution is 0.101. The van der Waals surface area contributed by atoms with Crippen molar-refractivity contribution in [3.63, 3.8) is 0 Å². The van der Waals surface area contributed by atoms with Crippen molar-refractivity contribution >= 4 is 29.9 Å². The van der Waals surface area contributed by atoms with E-state index >= 15 is 0 Å². The molecule has 0 bridgehead atoms. The highest BCUT2D eigenvalue weighted by Crippen LogP contribution is 2.28. The number of urea groups is 1. The zero-order valence-electron chi connectivity index (χ0n) is 19.4. The molecule has 0 radical (unpaired) electrons. The van der Waals surface area contributed by atoms with Crippen LogP contribution in [-0.2, 0) is 11.2 Å². The van der Waals surface area contributed by atoms with Crippen molar-refractivity contribution in [2.45, 2.75) is 57.2 Å². The number of ketones is 1. The van der Waals surface area contributed by atoms with E-state index in [1.165, 1.54) is 24.6 Å². The van der Waals surface area contributed by atoms with Crippen LogP contribution >= 0.6 is 12.4 Å². The van der Waals surface area contributed by atoms with Gasteiger partial charge in [0.15, 0.2) is 5.78 Å². The quantitative estimate of drug-likeness (QED) is 0.491. The third kappa shape index (κ3) is 7.26. The molecule has 4 rings (SSSR count). The first-order valence-electron chi connectivity index (χ1n) is 11.7. The highest BCUT2D eigenvalue weighted by Gasteiger charge is 2.32. The van der Waals surface area contributed by atoms with Gasteiger partial charge in [0.2, 0.25) is 0 Å². The molecule has 2 fully saturated rings. The molecule has 2 amide bonds. The molecule has 8 heteroatoms. The zero-order chi connectivity index (χ0) is 23.2. The fourth-order valence-corrected chi connectivity index (χ4v) is 4.80. The van der Waals surface area contributed by atoms with Gasteiger partial charge in [-0.25, -0.2) is 9.18 Å². The van der Waals surface area contributed by atoms with Gasteiger partial charge in [-0.15, -0.1) is 12.4 Å². The number of hydrogen-bond donors (Lipinski definition) is 3. The Morgan fingerprint density at radius 1 is 1.00 bits per heavy atom. The maximum absolute atomic E-state index is 13.1. The summed E-state index contributed by atoms with van der Waals surface area (Å²) >= 11 is 0. The van der Waals surface area contributed by atoms with E-state index in [4.69, 9.17) is 4.74 Å². The Balaban J connectivity index is 0.00000324. The second kappa shape index (κ2) is 12.3. The predicted octanol–water partition coefficient (Wildman–Crippen LogP) is 4.73. The standard InChI is InChI=1S/C26H32FN3O3.ClH/c1-17(31)20-3-2-4-23(14-20)29-26(32)30-25-16-33-15-24(25)28-22-11-7-19(8-12-22)13-18-5-9-21(27)10-6-18;/h2-6,9-10,14,19,22,24-25,28H,7-8,11-13,15-16H2,1H3,(H2,29,30,32);1H/t19?,22?,24-,25-;/m1./s1. The van der Waals surface area contributed by atoms with Crippen molar-refractivity contribution in [2.75, 3.05) is 18.5 Å². The van der Waals surface area contributed by atoms with Crippen LogP contribution in [0.15, 0.2) is 48.5 Å². The Labute approximate surface area is 206 Å². The minimum atomic E-state index is -0.305. The van der Waals surface area contributed by atoms with Gasteiger partial charge in [-0.2, -0.15) is 0 Å². The summed E-state index contributed by atoms with van der Waals surface area (Å²) < 4.78 is 18.8. The lowest BCUT2D eigenvalue weighted by Crippen LogP contribution is -2.53. The lowest BCUT2D eigenvalue weighted by Gasteiger charge is -2.32. The fourth-order valence-electron chi connectivity index (χ4n) is 4.80. The summed E-state index contributed by atoms with van der Waals surface area (Å²) in [6.07, 6.45) is 5.42. The number of benzene rings is 2. The van der Waals surface area contributed by atoms with Crippen molar-refractivity contribution in [1.82, 2.24) is 10.6 Å². The highest BCUT2D eigenvalue weighted by molar-refractivity contribution is 5.96. The molecule has 2 atom stereocenters. The minimum Gasteiger partial charge on any atom is -0.378 e. The van der Waals surface area contributed by atoms with Crippen molar-refractivity contribution in [3.8, 4) is 0 Å². The number of hydrogen-bond acceptors (Lipinski definition) is 4. The van der Waals surface area contributed by atoms with Gasteiger partial charge in [-0.05, 0) is 74.8 Å².